The van der Waals surface area contributed by atoms with Crippen LogP contribution in [0, 0.1) is 11.8 Å². The summed E-state index contributed by atoms with van der Waals surface area (Å²) in [6.45, 7) is 5.60. The lowest BCUT2D eigenvalue weighted by molar-refractivity contribution is -0.321. The molecular weight excluding hydrogens is 432 g/mol. The van der Waals surface area contributed by atoms with Crippen molar-refractivity contribution < 1.29 is 42.7 Å². The van der Waals surface area contributed by atoms with Gasteiger partial charge in [-0.3, -0.25) is 4.79 Å². The molecule has 182 valence electrons. The molecule has 9 nitrogen and oxygen atoms in total. The number of carbonyl (C=O) groups excluding carboxylic acids is 2. The highest BCUT2D eigenvalue weighted by Gasteiger charge is 2.54. The van der Waals surface area contributed by atoms with Crippen molar-refractivity contribution >= 4 is 11.8 Å². The van der Waals surface area contributed by atoms with Crippen molar-refractivity contribution in [2.75, 3.05) is 20.8 Å². The molecule has 4 unspecified atom stereocenters. The molecule has 0 aliphatic carbocycles. The van der Waals surface area contributed by atoms with Crippen LogP contribution in [0.15, 0.2) is 30.3 Å². The standard InChI is InChI=1S/C24H32O9/c1-12-17(14(3)25)32-24(33-20-16-11-29-23(30-16)13(2)19(20)28-5)21(18(12)27-4)31-22(26)15-9-7-6-8-10-15/h6-10,12-13,16-21,23-24H,11H2,1-5H3/t12-,13?,16-,17?,18+,19?,20+,21?,23+,24-/m0/s1. The van der Waals surface area contributed by atoms with Crippen LogP contribution in [-0.2, 0) is 38.0 Å². The lowest BCUT2D eigenvalue weighted by atomic mass is 9.88. The Labute approximate surface area is 193 Å². The van der Waals surface area contributed by atoms with E-state index in [2.05, 4.69) is 0 Å². The van der Waals surface area contributed by atoms with E-state index in [0.717, 1.165) is 0 Å². The van der Waals surface area contributed by atoms with Gasteiger partial charge in [0.25, 0.3) is 0 Å². The number of rotatable bonds is 7. The molecule has 2 bridgehead atoms. The Morgan fingerprint density at radius 2 is 1.58 bits per heavy atom. The third-order valence-corrected chi connectivity index (χ3v) is 6.73. The summed E-state index contributed by atoms with van der Waals surface area (Å²) in [6.07, 6.45) is -5.00. The van der Waals surface area contributed by atoms with Gasteiger partial charge in [0, 0.05) is 26.1 Å². The first-order valence-corrected chi connectivity index (χ1v) is 11.3. The first-order chi connectivity index (χ1) is 15.8. The van der Waals surface area contributed by atoms with Gasteiger partial charge in [0.05, 0.1) is 18.3 Å². The van der Waals surface area contributed by atoms with Crippen molar-refractivity contribution in [2.45, 2.75) is 70.0 Å². The van der Waals surface area contributed by atoms with Gasteiger partial charge in [-0.05, 0) is 19.1 Å². The van der Waals surface area contributed by atoms with Gasteiger partial charge in [-0.15, -0.1) is 0 Å². The zero-order chi connectivity index (χ0) is 23.7. The first-order valence-electron chi connectivity index (χ1n) is 11.3. The van der Waals surface area contributed by atoms with Crippen LogP contribution in [0.4, 0.5) is 0 Å². The van der Waals surface area contributed by atoms with E-state index in [-0.39, 0.29) is 36.1 Å². The van der Waals surface area contributed by atoms with E-state index in [0.29, 0.717) is 12.2 Å². The molecular formula is C24H32O9. The van der Waals surface area contributed by atoms with Gasteiger partial charge in [-0.1, -0.05) is 32.0 Å². The number of carbonyl (C=O) groups is 2. The van der Waals surface area contributed by atoms with Crippen LogP contribution in [0.25, 0.3) is 0 Å². The van der Waals surface area contributed by atoms with Crippen LogP contribution in [0.3, 0.4) is 0 Å². The quantitative estimate of drug-likeness (QED) is 0.561. The summed E-state index contributed by atoms with van der Waals surface area (Å²) in [5, 5.41) is 0. The van der Waals surface area contributed by atoms with E-state index in [1.807, 2.05) is 19.9 Å². The van der Waals surface area contributed by atoms with Crippen molar-refractivity contribution in [1.29, 1.82) is 0 Å². The van der Waals surface area contributed by atoms with E-state index in [9.17, 15) is 9.59 Å². The van der Waals surface area contributed by atoms with Crippen molar-refractivity contribution in [3.63, 3.8) is 0 Å². The maximum atomic E-state index is 12.9. The monoisotopic (exact) mass is 464 g/mol. The van der Waals surface area contributed by atoms with Gasteiger partial charge >= 0.3 is 5.97 Å². The minimum atomic E-state index is -1.07. The van der Waals surface area contributed by atoms with Crippen LogP contribution in [0.2, 0.25) is 0 Å². The molecule has 0 amide bonds. The van der Waals surface area contributed by atoms with Crippen LogP contribution >= 0.6 is 0 Å². The summed E-state index contributed by atoms with van der Waals surface area (Å²) in [5.41, 5.74) is 0.392. The molecule has 1 aromatic rings. The van der Waals surface area contributed by atoms with E-state index < -0.39 is 36.7 Å². The number of methoxy groups -OCH3 is 2. The Hall–Kier alpha value is -1.88. The number of ketones is 1. The Morgan fingerprint density at radius 3 is 2.21 bits per heavy atom. The summed E-state index contributed by atoms with van der Waals surface area (Å²) >= 11 is 0. The number of benzene rings is 1. The Balaban J connectivity index is 1.62. The van der Waals surface area contributed by atoms with Gasteiger partial charge < -0.3 is 33.2 Å². The zero-order valence-electron chi connectivity index (χ0n) is 19.5. The lowest BCUT2D eigenvalue weighted by Gasteiger charge is -2.46. The summed E-state index contributed by atoms with van der Waals surface area (Å²) in [6, 6.07) is 8.66. The van der Waals surface area contributed by atoms with E-state index in [4.69, 9.17) is 33.2 Å². The molecule has 9 heteroatoms. The van der Waals surface area contributed by atoms with Crippen LogP contribution in [0.5, 0.6) is 0 Å². The minimum absolute atomic E-state index is 0.0894. The van der Waals surface area contributed by atoms with E-state index in [1.165, 1.54) is 14.0 Å². The summed E-state index contributed by atoms with van der Waals surface area (Å²) in [5.74, 6) is -1.14. The van der Waals surface area contributed by atoms with Gasteiger partial charge in [0.2, 0.25) is 0 Å². The molecule has 0 spiro atoms. The Kier molecular flexibility index (Phi) is 7.47. The molecule has 3 aliphatic rings. The van der Waals surface area contributed by atoms with Crippen molar-refractivity contribution in [3.05, 3.63) is 35.9 Å². The highest BCUT2D eigenvalue weighted by molar-refractivity contribution is 5.89. The van der Waals surface area contributed by atoms with E-state index >= 15 is 0 Å². The average Bonchev–Trinajstić information content (AvgIpc) is 3.26. The number of ether oxygens (including phenoxy) is 7. The second kappa shape index (κ2) is 10.2. The van der Waals surface area contributed by atoms with Crippen molar-refractivity contribution in [2.24, 2.45) is 11.8 Å². The maximum absolute atomic E-state index is 12.9. The molecule has 3 saturated heterocycles. The molecule has 3 aliphatic heterocycles. The molecule has 33 heavy (non-hydrogen) atoms. The average molecular weight is 465 g/mol. The molecule has 1 aromatic carbocycles. The van der Waals surface area contributed by atoms with Crippen LogP contribution < -0.4 is 0 Å². The normalized spacial score (nSPS) is 40.4. The SMILES string of the molecule is COC1C(C)[C@@H]2OC[C@H](O2)[C@H]1O[C@@H]1OC(C(C)=O)[C@H](C)[C@@H](OC)C1OC(=O)c1ccccc1. The van der Waals surface area contributed by atoms with Gasteiger partial charge in [0.1, 0.15) is 24.4 Å². The van der Waals surface area contributed by atoms with Crippen molar-refractivity contribution in [1.82, 2.24) is 0 Å². The molecule has 0 radical (unpaired) electrons. The van der Waals surface area contributed by atoms with Crippen LogP contribution in [0.1, 0.15) is 31.1 Å². The molecule has 3 heterocycles. The maximum Gasteiger partial charge on any atom is 0.338 e. The molecule has 3 fully saturated rings. The smallest absolute Gasteiger partial charge is 0.338 e. The van der Waals surface area contributed by atoms with Gasteiger partial charge in [-0.25, -0.2) is 4.79 Å². The highest BCUT2D eigenvalue weighted by atomic mass is 16.8. The van der Waals surface area contributed by atoms with E-state index in [1.54, 1.807) is 31.4 Å². The fourth-order valence-corrected chi connectivity index (χ4v) is 5.01. The number of hydrogen-bond acceptors (Lipinski definition) is 9. The minimum Gasteiger partial charge on any atom is -0.451 e. The number of hydrogen-bond donors (Lipinski definition) is 0. The largest absolute Gasteiger partial charge is 0.451 e. The molecule has 10 atom stereocenters. The number of Topliss-reactive ketones (excluding diaryl/α,β-unsaturated/α-hetero) is 1. The lowest BCUT2D eigenvalue weighted by Crippen LogP contribution is -2.61. The highest BCUT2D eigenvalue weighted by Crippen LogP contribution is 2.38. The summed E-state index contributed by atoms with van der Waals surface area (Å²) < 4.78 is 41.5. The molecule has 0 aromatic heterocycles. The molecule has 0 saturated carbocycles. The van der Waals surface area contributed by atoms with Gasteiger partial charge in [-0.2, -0.15) is 0 Å². The Morgan fingerprint density at radius 1 is 0.909 bits per heavy atom. The predicted octanol–water partition coefficient (Wildman–Crippen LogP) is 1.97. The third-order valence-electron chi connectivity index (χ3n) is 6.73. The van der Waals surface area contributed by atoms with Crippen molar-refractivity contribution in [3.8, 4) is 0 Å². The molecule has 4 rings (SSSR count). The van der Waals surface area contributed by atoms with Gasteiger partial charge in [0.15, 0.2) is 24.5 Å². The summed E-state index contributed by atoms with van der Waals surface area (Å²) in [7, 11) is 3.12. The zero-order valence-corrected chi connectivity index (χ0v) is 19.5. The number of fused-ring (bicyclic) bond motifs is 2. The second-order valence-electron chi connectivity index (χ2n) is 8.87. The first kappa shape index (κ1) is 24.3. The fourth-order valence-electron chi connectivity index (χ4n) is 5.01. The predicted molar refractivity (Wildman–Crippen MR) is 114 cm³/mol. The second-order valence-corrected chi connectivity index (χ2v) is 8.87. The Bertz CT molecular complexity index is 830. The van der Waals surface area contributed by atoms with Crippen LogP contribution in [-0.4, -0.2) is 81.8 Å². The fraction of sp³-hybridized carbons (Fsp3) is 0.667. The topological polar surface area (TPSA) is 98.8 Å². The number of esters is 1. The summed E-state index contributed by atoms with van der Waals surface area (Å²) in [4.78, 5) is 25.3. The molecule has 0 N–H and O–H groups in total. The third kappa shape index (κ3) is 4.71.